The normalized spacial score (nSPS) is 23.2. The highest BCUT2D eigenvalue weighted by molar-refractivity contribution is 9.10. The van der Waals surface area contributed by atoms with E-state index in [1.165, 1.54) is 25.3 Å². The van der Waals surface area contributed by atoms with Crippen LogP contribution in [0, 0.1) is 17.7 Å². The fraction of sp³-hybridized carbons (Fsp3) is 0.625. The van der Waals surface area contributed by atoms with Crippen molar-refractivity contribution in [3.05, 3.63) is 34.1 Å². The molecule has 2 rings (SSSR count). The standard InChI is InChI=1S/C16H23BrFN/c1-11(2)19-10-14-7-3-5-12(14)9-13-6-4-8-15(18)16(13)17/h4,6,8,11-12,14,19H,3,5,7,9-10H2,1-2H3. The van der Waals surface area contributed by atoms with Gasteiger partial charge in [-0.05, 0) is 65.2 Å². The van der Waals surface area contributed by atoms with Gasteiger partial charge in [-0.15, -0.1) is 0 Å². The summed E-state index contributed by atoms with van der Waals surface area (Å²) in [6.07, 6.45) is 4.87. The highest BCUT2D eigenvalue weighted by atomic mass is 79.9. The first-order valence-corrected chi connectivity index (χ1v) is 8.03. The minimum atomic E-state index is -0.146. The molecule has 1 N–H and O–H groups in total. The number of hydrogen-bond donors (Lipinski definition) is 1. The van der Waals surface area contributed by atoms with E-state index in [9.17, 15) is 4.39 Å². The molecule has 1 fully saturated rings. The third kappa shape index (κ3) is 4.03. The molecule has 0 amide bonds. The van der Waals surface area contributed by atoms with E-state index < -0.39 is 0 Å². The maximum absolute atomic E-state index is 13.5. The second kappa shape index (κ2) is 6.85. The Morgan fingerprint density at radius 3 is 2.79 bits per heavy atom. The van der Waals surface area contributed by atoms with Gasteiger partial charge < -0.3 is 5.32 Å². The van der Waals surface area contributed by atoms with Crippen LogP contribution in [0.2, 0.25) is 0 Å². The van der Waals surface area contributed by atoms with Gasteiger partial charge in [0, 0.05) is 6.04 Å². The molecule has 0 spiro atoms. The Morgan fingerprint density at radius 1 is 1.32 bits per heavy atom. The highest BCUT2D eigenvalue weighted by Gasteiger charge is 2.27. The van der Waals surface area contributed by atoms with Crippen molar-refractivity contribution >= 4 is 15.9 Å². The van der Waals surface area contributed by atoms with Crippen LogP contribution in [0.5, 0.6) is 0 Å². The van der Waals surface area contributed by atoms with Crippen LogP contribution in [0.25, 0.3) is 0 Å². The number of rotatable bonds is 5. The maximum Gasteiger partial charge on any atom is 0.137 e. The Labute approximate surface area is 124 Å². The van der Waals surface area contributed by atoms with Crippen LogP contribution in [0.1, 0.15) is 38.7 Å². The molecule has 2 unspecified atom stereocenters. The van der Waals surface area contributed by atoms with Crippen LogP contribution in [0.4, 0.5) is 4.39 Å². The van der Waals surface area contributed by atoms with Crippen molar-refractivity contribution in [3.63, 3.8) is 0 Å². The van der Waals surface area contributed by atoms with Crippen molar-refractivity contribution in [1.82, 2.24) is 5.32 Å². The third-order valence-corrected chi connectivity index (χ3v) is 5.01. The molecule has 1 aromatic carbocycles. The van der Waals surface area contributed by atoms with Gasteiger partial charge in [-0.2, -0.15) is 0 Å². The predicted molar refractivity (Wildman–Crippen MR) is 81.8 cm³/mol. The number of benzene rings is 1. The molecule has 19 heavy (non-hydrogen) atoms. The Hall–Kier alpha value is -0.410. The summed E-state index contributed by atoms with van der Waals surface area (Å²) in [6, 6.07) is 5.91. The summed E-state index contributed by atoms with van der Waals surface area (Å²) in [7, 11) is 0. The van der Waals surface area contributed by atoms with Crippen molar-refractivity contribution in [2.24, 2.45) is 11.8 Å². The second-order valence-corrected chi connectivity index (χ2v) is 6.72. The molecule has 0 heterocycles. The van der Waals surface area contributed by atoms with Gasteiger partial charge in [0.2, 0.25) is 0 Å². The van der Waals surface area contributed by atoms with Gasteiger partial charge in [0.25, 0.3) is 0 Å². The lowest BCUT2D eigenvalue weighted by molar-refractivity contribution is 0.353. The van der Waals surface area contributed by atoms with E-state index in [4.69, 9.17) is 0 Å². The van der Waals surface area contributed by atoms with E-state index in [1.54, 1.807) is 0 Å². The zero-order valence-corrected chi connectivity index (χ0v) is 13.3. The summed E-state index contributed by atoms with van der Waals surface area (Å²) in [5, 5.41) is 3.54. The smallest absolute Gasteiger partial charge is 0.137 e. The highest BCUT2D eigenvalue weighted by Crippen LogP contribution is 2.35. The van der Waals surface area contributed by atoms with E-state index in [0.717, 1.165) is 24.4 Å². The molecule has 0 aromatic heterocycles. The molecule has 0 radical (unpaired) electrons. The average molecular weight is 328 g/mol. The molecule has 0 aliphatic heterocycles. The predicted octanol–water partition coefficient (Wildman–Crippen LogP) is 4.55. The third-order valence-electron chi connectivity index (χ3n) is 4.12. The van der Waals surface area contributed by atoms with Crippen LogP contribution in [0.3, 0.4) is 0 Å². The summed E-state index contributed by atoms with van der Waals surface area (Å²) in [4.78, 5) is 0. The molecule has 106 valence electrons. The first-order chi connectivity index (χ1) is 9.08. The van der Waals surface area contributed by atoms with Crippen molar-refractivity contribution in [2.45, 2.75) is 45.6 Å². The summed E-state index contributed by atoms with van der Waals surface area (Å²) >= 11 is 3.38. The fourth-order valence-corrected chi connectivity index (χ4v) is 3.45. The number of hydrogen-bond acceptors (Lipinski definition) is 1. The first kappa shape index (κ1) is 15.0. The van der Waals surface area contributed by atoms with Gasteiger partial charge in [0.1, 0.15) is 5.82 Å². The molecule has 0 bridgehead atoms. The lowest BCUT2D eigenvalue weighted by Crippen LogP contribution is -2.31. The van der Waals surface area contributed by atoms with Gasteiger partial charge >= 0.3 is 0 Å². The lowest BCUT2D eigenvalue weighted by atomic mass is 9.89. The lowest BCUT2D eigenvalue weighted by Gasteiger charge is -2.22. The summed E-state index contributed by atoms with van der Waals surface area (Å²) < 4.78 is 14.2. The molecule has 1 nitrogen and oxygen atoms in total. The van der Waals surface area contributed by atoms with Crippen LogP contribution < -0.4 is 5.32 Å². The van der Waals surface area contributed by atoms with Gasteiger partial charge in [-0.1, -0.05) is 32.4 Å². The maximum atomic E-state index is 13.5. The molecule has 1 saturated carbocycles. The van der Waals surface area contributed by atoms with Gasteiger partial charge in [0.15, 0.2) is 0 Å². The van der Waals surface area contributed by atoms with E-state index in [0.29, 0.717) is 16.4 Å². The molecule has 0 saturated heterocycles. The Kier molecular flexibility index (Phi) is 5.40. The summed E-state index contributed by atoms with van der Waals surface area (Å²) in [6.45, 7) is 5.47. The zero-order chi connectivity index (χ0) is 13.8. The van der Waals surface area contributed by atoms with Gasteiger partial charge in [-0.3, -0.25) is 0 Å². The second-order valence-electron chi connectivity index (χ2n) is 5.93. The van der Waals surface area contributed by atoms with Crippen molar-refractivity contribution < 1.29 is 4.39 Å². The minimum Gasteiger partial charge on any atom is -0.314 e. The van der Waals surface area contributed by atoms with Crippen molar-refractivity contribution in [3.8, 4) is 0 Å². The quantitative estimate of drug-likeness (QED) is 0.836. The average Bonchev–Trinajstić information content (AvgIpc) is 2.80. The largest absolute Gasteiger partial charge is 0.314 e. The van der Waals surface area contributed by atoms with Crippen molar-refractivity contribution in [2.75, 3.05) is 6.54 Å². The number of nitrogens with one attached hydrogen (secondary N) is 1. The van der Waals surface area contributed by atoms with E-state index in [1.807, 2.05) is 12.1 Å². The summed E-state index contributed by atoms with van der Waals surface area (Å²) in [5.74, 6) is 1.27. The zero-order valence-electron chi connectivity index (χ0n) is 11.8. The van der Waals surface area contributed by atoms with Crippen molar-refractivity contribution in [1.29, 1.82) is 0 Å². The molecule has 3 heteroatoms. The van der Waals surface area contributed by atoms with Crippen LogP contribution in [-0.2, 0) is 6.42 Å². The van der Waals surface area contributed by atoms with E-state index in [2.05, 4.69) is 35.1 Å². The monoisotopic (exact) mass is 327 g/mol. The molecule has 1 aliphatic rings. The Bertz CT molecular complexity index is 419. The first-order valence-electron chi connectivity index (χ1n) is 7.24. The van der Waals surface area contributed by atoms with Gasteiger partial charge in [-0.25, -0.2) is 4.39 Å². The van der Waals surface area contributed by atoms with Crippen LogP contribution in [-0.4, -0.2) is 12.6 Å². The Balaban J connectivity index is 1.99. The molecule has 1 aromatic rings. The van der Waals surface area contributed by atoms with E-state index >= 15 is 0 Å². The molecule has 1 aliphatic carbocycles. The van der Waals surface area contributed by atoms with Gasteiger partial charge in [0.05, 0.1) is 4.47 Å². The minimum absolute atomic E-state index is 0.146. The number of halogens is 2. The topological polar surface area (TPSA) is 12.0 Å². The molecular formula is C16H23BrFN. The van der Waals surface area contributed by atoms with Crippen LogP contribution >= 0.6 is 15.9 Å². The molecule has 2 atom stereocenters. The van der Waals surface area contributed by atoms with E-state index in [-0.39, 0.29) is 5.82 Å². The fourth-order valence-electron chi connectivity index (χ4n) is 3.03. The Morgan fingerprint density at radius 2 is 2.05 bits per heavy atom. The molecular weight excluding hydrogens is 305 g/mol. The summed E-state index contributed by atoms with van der Waals surface area (Å²) in [5.41, 5.74) is 1.11. The SMILES string of the molecule is CC(C)NCC1CCCC1Cc1cccc(F)c1Br. The van der Waals surface area contributed by atoms with Crippen LogP contribution in [0.15, 0.2) is 22.7 Å².